The molecular formula is C15H31NO. The van der Waals surface area contributed by atoms with Crippen LogP contribution in [0.5, 0.6) is 0 Å². The Bertz CT molecular complexity index is 174. The average molecular weight is 241 g/mol. The fourth-order valence-corrected chi connectivity index (χ4v) is 2.50. The fraction of sp³-hybridized carbons (Fsp3) is 1.00. The summed E-state index contributed by atoms with van der Waals surface area (Å²) in [6.07, 6.45) is 8.00. The van der Waals surface area contributed by atoms with Gasteiger partial charge in [-0.2, -0.15) is 0 Å². The second kappa shape index (κ2) is 8.93. The van der Waals surface area contributed by atoms with Crippen LogP contribution >= 0.6 is 0 Å². The molecule has 2 nitrogen and oxygen atoms in total. The third-order valence-corrected chi connectivity index (χ3v) is 3.77. The van der Waals surface area contributed by atoms with Crippen molar-refractivity contribution in [3.05, 3.63) is 0 Å². The van der Waals surface area contributed by atoms with Crippen molar-refractivity contribution >= 4 is 0 Å². The first-order valence-electron chi connectivity index (χ1n) is 7.49. The molecule has 0 unspecified atom stereocenters. The monoisotopic (exact) mass is 241 g/mol. The SMILES string of the molecule is CC(C)CCCOCCNC1CCC(C)CC1. The summed E-state index contributed by atoms with van der Waals surface area (Å²) >= 11 is 0. The van der Waals surface area contributed by atoms with E-state index in [1.807, 2.05) is 0 Å². The van der Waals surface area contributed by atoms with Crippen molar-refractivity contribution in [3.8, 4) is 0 Å². The van der Waals surface area contributed by atoms with E-state index in [1.165, 1.54) is 38.5 Å². The zero-order valence-electron chi connectivity index (χ0n) is 12.0. The van der Waals surface area contributed by atoms with Crippen LogP contribution in [0.3, 0.4) is 0 Å². The molecule has 1 saturated carbocycles. The number of nitrogens with one attached hydrogen (secondary N) is 1. The lowest BCUT2D eigenvalue weighted by molar-refractivity contribution is 0.125. The molecule has 17 heavy (non-hydrogen) atoms. The van der Waals surface area contributed by atoms with Crippen molar-refractivity contribution in [1.29, 1.82) is 0 Å². The summed E-state index contributed by atoms with van der Waals surface area (Å²) in [5.41, 5.74) is 0. The van der Waals surface area contributed by atoms with E-state index in [9.17, 15) is 0 Å². The van der Waals surface area contributed by atoms with Gasteiger partial charge in [0.2, 0.25) is 0 Å². The Labute approximate surface area is 108 Å². The maximum absolute atomic E-state index is 5.63. The molecule has 1 fully saturated rings. The summed E-state index contributed by atoms with van der Waals surface area (Å²) in [5.74, 6) is 1.75. The Morgan fingerprint density at radius 1 is 1.12 bits per heavy atom. The molecule has 0 aromatic heterocycles. The number of hydrogen-bond acceptors (Lipinski definition) is 2. The van der Waals surface area contributed by atoms with Gasteiger partial charge < -0.3 is 10.1 Å². The van der Waals surface area contributed by atoms with Crippen molar-refractivity contribution < 1.29 is 4.74 Å². The smallest absolute Gasteiger partial charge is 0.0590 e. The fourth-order valence-electron chi connectivity index (χ4n) is 2.50. The van der Waals surface area contributed by atoms with Gasteiger partial charge in [0, 0.05) is 19.2 Å². The van der Waals surface area contributed by atoms with Crippen LogP contribution in [0.2, 0.25) is 0 Å². The second-order valence-corrected chi connectivity index (χ2v) is 6.06. The Morgan fingerprint density at radius 3 is 2.47 bits per heavy atom. The maximum atomic E-state index is 5.63. The van der Waals surface area contributed by atoms with E-state index < -0.39 is 0 Å². The molecule has 0 aromatic rings. The van der Waals surface area contributed by atoms with Gasteiger partial charge in [-0.05, 0) is 50.4 Å². The van der Waals surface area contributed by atoms with Crippen molar-refractivity contribution in [1.82, 2.24) is 5.32 Å². The highest BCUT2D eigenvalue weighted by Crippen LogP contribution is 2.23. The van der Waals surface area contributed by atoms with Crippen LogP contribution in [0.1, 0.15) is 59.3 Å². The molecule has 0 saturated heterocycles. The third kappa shape index (κ3) is 7.77. The van der Waals surface area contributed by atoms with Gasteiger partial charge in [-0.3, -0.25) is 0 Å². The molecule has 1 aliphatic rings. The molecule has 1 rings (SSSR count). The van der Waals surface area contributed by atoms with Crippen molar-refractivity contribution in [2.24, 2.45) is 11.8 Å². The van der Waals surface area contributed by atoms with E-state index in [0.717, 1.165) is 37.6 Å². The maximum Gasteiger partial charge on any atom is 0.0590 e. The first kappa shape index (κ1) is 15.0. The summed E-state index contributed by atoms with van der Waals surface area (Å²) in [6.45, 7) is 9.75. The lowest BCUT2D eigenvalue weighted by Crippen LogP contribution is -2.35. The van der Waals surface area contributed by atoms with Gasteiger partial charge in [-0.15, -0.1) is 0 Å². The van der Waals surface area contributed by atoms with E-state index in [1.54, 1.807) is 0 Å². The minimum Gasteiger partial charge on any atom is -0.380 e. The molecule has 0 heterocycles. The topological polar surface area (TPSA) is 21.3 Å². The highest BCUT2D eigenvalue weighted by Gasteiger charge is 2.16. The molecule has 0 amide bonds. The normalized spacial score (nSPS) is 25.4. The molecule has 0 atom stereocenters. The summed E-state index contributed by atoms with van der Waals surface area (Å²) in [7, 11) is 0. The zero-order valence-corrected chi connectivity index (χ0v) is 12.0. The Kier molecular flexibility index (Phi) is 7.87. The van der Waals surface area contributed by atoms with E-state index >= 15 is 0 Å². The standard InChI is InChI=1S/C15H31NO/c1-13(2)5-4-11-17-12-10-16-15-8-6-14(3)7-9-15/h13-16H,4-12H2,1-3H3. The first-order chi connectivity index (χ1) is 8.18. The first-order valence-corrected chi connectivity index (χ1v) is 7.49. The third-order valence-electron chi connectivity index (χ3n) is 3.77. The van der Waals surface area contributed by atoms with Crippen LogP contribution in [0.4, 0.5) is 0 Å². The number of ether oxygens (including phenoxy) is 1. The number of rotatable bonds is 8. The van der Waals surface area contributed by atoms with Crippen LogP contribution in [-0.4, -0.2) is 25.8 Å². The van der Waals surface area contributed by atoms with E-state index in [0.29, 0.717) is 0 Å². The molecule has 1 aliphatic carbocycles. The van der Waals surface area contributed by atoms with Crippen molar-refractivity contribution in [2.75, 3.05) is 19.8 Å². The van der Waals surface area contributed by atoms with Gasteiger partial charge in [-0.25, -0.2) is 0 Å². The van der Waals surface area contributed by atoms with Gasteiger partial charge in [0.25, 0.3) is 0 Å². The minimum atomic E-state index is 0.755. The molecule has 0 aromatic carbocycles. The molecule has 1 N–H and O–H groups in total. The van der Waals surface area contributed by atoms with Crippen LogP contribution in [0, 0.1) is 11.8 Å². The largest absolute Gasteiger partial charge is 0.380 e. The Hall–Kier alpha value is -0.0800. The Balaban J connectivity index is 1.84. The summed E-state index contributed by atoms with van der Waals surface area (Å²) in [4.78, 5) is 0. The quantitative estimate of drug-likeness (QED) is 0.656. The zero-order chi connectivity index (χ0) is 12.5. The molecule has 0 aliphatic heterocycles. The minimum absolute atomic E-state index is 0.755. The average Bonchev–Trinajstić information content (AvgIpc) is 2.30. The molecule has 0 radical (unpaired) electrons. The van der Waals surface area contributed by atoms with Crippen LogP contribution < -0.4 is 5.32 Å². The number of hydrogen-bond donors (Lipinski definition) is 1. The van der Waals surface area contributed by atoms with E-state index in [2.05, 4.69) is 26.1 Å². The van der Waals surface area contributed by atoms with Gasteiger partial charge in [0.05, 0.1) is 6.61 Å². The lowest BCUT2D eigenvalue weighted by atomic mass is 9.87. The highest BCUT2D eigenvalue weighted by molar-refractivity contribution is 4.74. The molecule has 0 spiro atoms. The second-order valence-electron chi connectivity index (χ2n) is 6.06. The predicted octanol–water partition coefficient (Wildman–Crippen LogP) is 3.61. The van der Waals surface area contributed by atoms with E-state index in [-0.39, 0.29) is 0 Å². The van der Waals surface area contributed by atoms with Gasteiger partial charge in [-0.1, -0.05) is 20.8 Å². The van der Waals surface area contributed by atoms with Crippen LogP contribution in [-0.2, 0) is 4.74 Å². The van der Waals surface area contributed by atoms with Crippen LogP contribution in [0.25, 0.3) is 0 Å². The predicted molar refractivity (Wildman–Crippen MR) is 74.3 cm³/mol. The van der Waals surface area contributed by atoms with Gasteiger partial charge >= 0.3 is 0 Å². The van der Waals surface area contributed by atoms with Gasteiger partial charge in [0.15, 0.2) is 0 Å². The van der Waals surface area contributed by atoms with Crippen molar-refractivity contribution in [3.63, 3.8) is 0 Å². The molecular weight excluding hydrogens is 210 g/mol. The van der Waals surface area contributed by atoms with Crippen LogP contribution in [0.15, 0.2) is 0 Å². The van der Waals surface area contributed by atoms with Crippen molar-refractivity contribution in [2.45, 2.75) is 65.3 Å². The summed E-state index contributed by atoms with van der Waals surface area (Å²) in [6, 6.07) is 0.755. The lowest BCUT2D eigenvalue weighted by Gasteiger charge is -2.27. The Morgan fingerprint density at radius 2 is 1.82 bits per heavy atom. The summed E-state index contributed by atoms with van der Waals surface area (Å²) < 4.78 is 5.63. The van der Waals surface area contributed by atoms with Gasteiger partial charge in [0.1, 0.15) is 0 Å². The molecule has 102 valence electrons. The highest BCUT2D eigenvalue weighted by atomic mass is 16.5. The molecule has 0 bridgehead atoms. The van der Waals surface area contributed by atoms with E-state index in [4.69, 9.17) is 4.74 Å². The summed E-state index contributed by atoms with van der Waals surface area (Å²) in [5, 5.41) is 3.62. The molecule has 2 heteroatoms.